The number of hydrogen-bond acceptors (Lipinski definition) is 7. The molecule has 3 aromatic rings. The highest BCUT2D eigenvalue weighted by atomic mass is 35.5. The van der Waals surface area contributed by atoms with Gasteiger partial charge in [0, 0.05) is 31.2 Å². The second-order valence-corrected chi connectivity index (χ2v) is 10.4. The molecule has 0 aliphatic carbocycles. The van der Waals surface area contributed by atoms with E-state index in [1.165, 1.54) is 6.07 Å². The van der Waals surface area contributed by atoms with Crippen LogP contribution in [-0.2, 0) is 18.0 Å². The lowest BCUT2D eigenvalue weighted by atomic mass is 10.1. The second kappa shape index (κ2) is 12.6. The number of amides is 1. The molecule has 3 aromatic carbocycles. The summed E-state index contributed by atoms with van der Waals surface area (Å²) in [6, 6.07) is 18.3. The van der Waals surface area contributed by atoms with Gasteiger partial charge in [-0.25, -0.2) is 0 Å². The molecule has 2 aliphatic rings. The fraction of sp³-hybridized carbons (Fsp3) is 0.355. The van der Waals surface area contributed by atoms with Crippen molar-refractivity contribution in [2.75, 3.05) is 40.4 Å². The zero-order chi connectivity index (χ0) is 28.1. The number of carbonyl (C=O) groups is 2. The molecule has 5 rings (SSSR count). The van der Waals surface area contributed by atoms with Crippen molar-refractivity contribution in [2.24, 2.45) is 0 Å². The van der Waals surface area contributed by atoms with Gasteiger partial charge in [0.05, 0.1) is 19.2 Å². The third-order valence-corrected chi connectivity index (χ3v) is 7.72. The van der Waals surface area contributed by atoms with Gasteiger partial charge in [0.25, 0.3) is 11.7 Å². The number of ketones is 1. The molecule has 9 heteroatoms. The smallest absolute Gasteiger partial charge is 0.295 e. The molecule has 0 N–H and O–H groups in total. The van der Waals surface area contributed by atoms with Gasteiger partial charge in [-0.1, -0.05) is 35.9 Å². The first-order valence-corrected chi connectivity index (χ1v) is 13.8. The second-order valence-electron chi connectivity index (χ2n) is 9.97. The van der Waals surface area contributed by atoms with Crippen LogP contribution in [-0.4, -0.2) is 67.9 Å². The molecular weight excluding hydrogens is 532 g/mol. The summed E-state index contributed by atoms with van der Waals surface area (Å²) in [5.41, 5.74) is 1.96. The van der Waals surface area contributed by atoms with Crippen LogP contribution in [0.25, 0.3) is 0 Å². The Balaban J connectivity index is 1.36. The molecule has 2 saturated heterocycles. The van der Waals surface area contributed by atoms with Crippen molar-refractivity contribution in [3.05, 3.63) is 82.4 Å². The molecule has 40 heavy (non-hydrogen) atoms. The lowest BCUT2D eigenvalue weighted by Gasteiger charge is -2.37. The Morgan fingerprint density at radius 1 is 0.850 bits per heavy atom. The van der Waals surface area contributed by atoms with Crippen LogP contribution in [0.1, 0.15) is 34.3 Å². The largest absolute Gasteiger partial charge is 0.497 e. The molecule has 0 aromatic heterocycles. The summed E-state index contributed by atoms with van der Waals surface area (Å²) < 4.78 is 22.7. The molecule has 0 unspecified atom stereocenters. The number of hydrogen-bond donors (Lipinski definition) is 0. The number of piperazine rings is 1. The number of methoxy groups -OCH3 is 2. The van der Waals surface area contributed by atoms with E-state index in [0.29, 0.717) is 24.9 Å². The van der Waals surface area contributed by atoms with Crippen molar-refractivity contribution >= 4 is 23.3 Å². The maximum Gasteiger partial charge on any atom is 0.295 e. The van der Waals surface area contributed by atoms with Crippen molar-refractivity contribution < 1.29 is 28.5 Å². The molecular formula is C31H33ClN2O6. The molecule has 0 bridgehead atoms. The molecule has 0 spiro atoms. The van der Waals surface area contributed by atoms with Gasteiger partial charge < -0.3 is 23.8 Å². The maximum atomic E-state index is 13.4. The molecule has 2 fully saturated rings. The van der Waals surface area contributed by atoms with Gasteiger partial charge in [0.15, 0.2) is 11.5 Å². The van der Waals surface area contributed by atoms with Crippen LogP contribution in [0.2, 0.25) is 5.02 Å². The van der Waals surface area contributed by atoms with Crippen LogP contribution < -0.4 is 18.9 Å². The van der Waals surface area contributed by atoms with Crippen LogP contribution in [0.15, 0.2) is 60.7 Å². The van der Waals surface area contributed by atoms with Crippen molar-refractivity contribution in [1.82, 2.24) is 9.80 Å². The summed E-state index contributed by atoms with van der Waals surface area (Å²) >= 11 is 6.65. The normalized spacial score (nSPS) is 16.8. The first-order valence-electron chi connectivity index (χ1n) is 13.4. The van der Waals surface area contributed by atoms with Gasteiger partial charge in [-0.3, -0.25) is 14.5 Å². The monoisotopic (exact) mass is 564 g/mol. The van der Waals surface area contributed by atoms with E-state index in [0.717, 1.165) is 48.6 Å². The zero-order valence-corrected chi connectivity index (χ0v) is 23.5. The lowest BCUT2D eigenvalue weighted by molar-refractivity contribution is -0.128. The van der Waals surface area contributed by atoms with Gasteiger partial charge in [0.1, 0.15) is 24.7 Å². The highest BCUT2D eigenvalue weighted by molar-refractivity contribution is 6.43. The quantitative estimate of drug-likeness (QED) is 0.253. The Morgan fingerprint density at radius 2 is 1.48 bits per heavy atom. The van der Waals surface area contributed by atoms with Crippen molar-refractivity contribution in [2.45, 2.75) is 32.1 Å². The standard InChI is InChI=1S/C31H33ClN2O6/c1-37-25-9-5-21(6-10-25)19-39-28-17-23(29(35)31(36)34-15-14-33-13-3-4-24(33)18-34)16-27(32)30(28)40-20-22-7-11-26(38-2)12-8-22/h5-12,16-17,24H,3-4,13-15,18-20H2,1-2H3/t24-/m0/s1. The van der Waals surface area contributed by atoms with E-state index in [2.05, 4.69) is 4.90 Å². The maximum absolute atomic E-state index is 13.4. The minimum atomic E-state index is -0.607. The minimum absolute atomic E-state index is 0.172. The number of carbonyl (C=O) groups excluding carboxylic acids is 2. The molecule has 0 saturated carbocycles. The van der Waals surface area contributed by atoms with Crippen LogP contribution in [0.4, 0.5) is 0 Å². The molecule has 0 radical (unpaired) electrons. The Labute approximate surface area is 239 Å². The van der Waals surface area contributed by atoms with Crippen molar-refractivity contribution in [3.8, 4) is 23.0 Å². The summed E-state index contributed by atoms with van der Waals surface area (Å²) in [4.78, 5) is 30.6. The number of benzene rings is 3. The number of nitrogens with zero attached hydrogens (tertiary/aromatic N) is 2. The summed E-state index contributed by atoms with van der Waals surface area (Å²) in [6.45, 7) is 3.39. The Morgan fingerprint density at radius 3 is 2.10 bits per heavy atom. The third-order valence-electron chi connectivity index (χ3n) is 7.44. The van der Waals surface area contributed by atoms with Gasteiger partial charge in [-0.2, -0.15) is 0 Å². The fourth-order valence-electron chi connectivity index (χ4n) is 5.15. The van der Waals surface area contributed by atoms with E-state index in [4.69, 9.17) is 30.5 Å². The van der Waals surface area contributed by atoms with Crippen LogP contribution in [0.3, 0.4) is 0 Å². The molecule has 1 atom stereocenters. The molecule has 2 aliphatic heterocycles. The first-order chi connectivity index (χ1) is 19.4. The average molecular weight is 565 g/mol. The highest BCUT2D eigenvalue weighted by Crippen LogP contribution is 2.38. The van der Waals surface area contributed by atoms with Crippen molar-refractivity contribution in [3.63, 3.8) is 0 Å². The molecule has 1 amide bonds. The predicted octanol–water partition coefficient (Wildman–Crippen LogP) is 5.00. The number of Topliss-reactive ketones (excluding diaryl/α,β-unsaturated/α-hetero) is 1. The zero-order valence-electron chi connectivity index (χ0n) is 22.7. The van der Waals surface area contributed by atoms with Gasteiger partial charge in [-0.15, -0.1) is 0 Å². The van der Waals surface area contributed by atoms with Crippen LogP contribution in [0, 0.1) is 0 Å². The minimum Gasteiger partial charge on any atom is -0.497 e. The molecule has 210 valence electrons. The van der Waals surface area contributed by atoms with E-state index in [9.17, 15) is 9.59 Å². The van der Waals surface area contributed by atoms with Gasteiger partial charge in [-0.05, 0) is 66.9 Å². The fourth-order valence-corrected chi connectivity index (χ4v) is 5.41. The summed E-state index contributed by atoms with van der Waals surface area (Å²) in [5.74, 6) is 0.940. The number of rotatable bonds is 10. The summed E-state index contributed by atoms with van der Waals surface area (Å²) in [6.07, 6.45) is 2.18. The highest BCUT2D eigenvalue weighted by Gasteiger charge is 2.35. The molecule has 2 heterocycles. The SMILES string of the molecule is COc1ccc(COc2cc(C(=O)C(=O)N3CCN4CCC[C@H]4C3)cc(Cl)c2OCc2ccc(OC)cc2)cc1. The van der Waals surface area contributed by atoms with E-state index in [-0.39, 0.29) is 29.5 Å². The van der Waals surface area contributed by atoms with Crippen molar-refractivity contribution in [1.29, 1.82) is 0 Å². The van der Waals surface area contributed by atoms with Crippen LogP contribution >= 0.6 is 11.6 Å². The first kappa shape index (κ1) is 27.8. The third kappa shape index (κ3) is 6.35. The van der Waals surface area contributed by atoms with E-state index < -0.39 is 11.7 Å². The van der Waals surface area contributed by atoms with E-state index in [1.807, 2.05) is 48.5 Å². The number of ether oxygens (including phenoxy) is 4. The predicted molar refractivity (Wildman–Crippen MR) is 152 cm³/mol. The summed E-state index contributed by atoms with van der Waals surface area (Å²) in [7, 11) is 3.22. The number of halogens is 1. The Kier molecular flexibility index (Phi) is 8.77. The molecule has 8 nitrogen and oxygen atoms in total. The van der Waals surface area contributed by atoms with Gasteiger partial charge >= 0.3 is 0 Å². The topological polar surface area (TPSA) is 77.5 Å². The lowest BCUT2D eigenvalue weighted by Crippen LogP contribution is -2.53. The summed E-state index contributed by atoms with van der Waals surface area (Å²) in [5, 5.41) is 0.192. The van der Waals surface area contributed by atoms with Gasteiger partial charge in [0.2, 0.25) is 0 Å². The Hall–Kier alpha value is -3.75. The van der Waals surface area contributed by atoms with E-state index in [1.54, 1.807) is 25.2 Å². The number of fused-ring (bicyclic) bond motifs is 1. The van der Waals surface area contributed by atoms with E-state index >= 15 is 0 Å². The Bertz CT molecular complexity index is 1350. The van der Waals surface area contributed by atoms with Crippen LogP contribution in [0.5, 0.6) is 23.0 Å². The average Bonchev–Trinajstić information content (AvgIpc) is 3.47.